The summed E-state index contributed by atoms with van der Waals surface area (Å²) in [5, 5.41) is 29.0. The van der Waals surface area contributed by atoms with Crippen LogP contribution in [0.4, 0.5) is 0 Å². The van der Waals surface area contributed by atoms with Gasteiger partial charge in [0.25, 0.3) is 0 Å². The number of nitrogens with one attached hydrogen (secondary N) is 2. The first-order valence-corrected chi connectivity index (χ1v) is 9.17. The lowest BCUT2D eigenvalue weighted by Gasteiger charge is -2.06. The standard InChI is InChI=1S/2C8H13NOS/c2*1-9-5-4-7(10)8-3-2-6-11-8/h2*2-3,6-7,9-10H,4-5H2,1H3/t2*7-/m00/s1. The van der Waals surface area contributed by atoms with Crippen LogP contribution in [0.1, 0.15) is 34.8 Å². The Morgan fingerprint density at radius 3 is 1.55 bits per heavy atom. The van der Waals surface area contributed by atoms with Crippen molar-refractivity contribution in [3.63, 3.8) is 0 Å². The summed E-state index contributed by atoms with van der Waals surface area (Å²) in [4.78, 5) is 2.11. The summed E-state index contributed by atoms with van der Waals surface area (Å²) in [7, 11) is 3.78. The predicted octanol–water partition coefficient (Wildman–Crippen LogP) is 2.78. The molecule has 2 heterocycles. The Bertz CT molecular complexity index is 416. The van der Waals surface area contributed by atoms with Crippen molar-refractivity contribution < 1.29 is 10.2 Å². The molecule has 0 aliphatic carbocycles. The van der Waals surface area contributed by atoms with Crippen LogP contribution in [-0.4, -0.2) is 37.4 Å². The molecule has 4 nitrogen and oxygen atoms in total. The molecule has 6 heteroatoms. The molecule has 2 aromatic heterocycles. The van der Waals surface area contributed by atoms with Gasteiger partial charge in [-0.25, -0.2) is 0 Å². The highest BCUT2D eigenvalue weighted by Crippen LogP contribution is 2.21. The second-order valence-electron chi connectivity index (χ2n) is 4.85. The van der Waals surface area contributed by atoms with E-state index < -0.39 is 0 Å². The summed E-state index contributed by atoms with van der Waals surface area (Å²) in [6, 6.07) is 7.85. The number of thiophene rings is 2. The van der Waals surface area contributed by atoms with E-state index in [0.717, 1.165) is 35.7 Å². The van der Waals surface area contributed by atoms with Crippen LogP contribution in [-0.2, 0) is 0 Å². The summed E-state index contributed by atoms with van der Waals surface area (Å²) < 4.78 is 0. The summed E-state index contributed by atoms with van der Waals surface area (Å²) in [6.45, 7) is 1.72. The molecule has 0 amide bonds. The first-order chi connectivity index (χ1) is 10.7. The van der Waals surface area contributed by atoms with E-state index in [1.807, 2.05) is 49.1 Å². The summed E-state index contributed by atoms with van der Waals surface area (Å²) >= 11 is 3.21. The SMILES string of the molecule is CNCC[C@H](O)c1cccs1.CNCC[C@H](O)c1cccs1. The van der Waals surface area contributed by atoms with Crippen LogP contribution in [0, 0.1) is 0 Å². The van der Waals surface area contributed by atoms with Gasteiger partial charge in [-0.3, -0.25) is 0 Å². The van der Waals surface area contributed by atoms with Crippen molar-refractivity contribution in [2.24, 2.45) is 0 Å². The molecule has 0 saturated carbocycles. The zero-order chi connectivity index (χ0) is 16.2. The third-order valence-electron chi connectivity index (χ3n) is 3.08. The fourth-order valence-corrected chi connectivity index (χ4v) is 3.30. The molecule has 0 aliphatic rings. The summed E-state index contributed by atoms with van der Waals surface area (Å²) in [6.07, 6.45) is 0.999. The molecule has 2 aromatic rings. The van der Waals surface area contributed by atoms with Crippen molar-refractivity contribution >= 4 is 22.7 Å². The first-order valence-electron chi connectivity index (χ1n) is 7.41. The van der Waals surface area contributed by atoms with Crippen LogP contribution in [0.25, 0.3) is 0 Å². The maximum atomic E-state index is 9.51. The second-order valence-corrected chi connectivity index (χ2v) is 6.81. The van der Waals surface area contributed by atoms with Crippen LogP contribution in [0.2, 0.25) is 0 Å². The molecule has 0 saturated heterocycles. The molecule has 0 unspecified atom stereocenters. The topological polar surface area (TPSA) is 64.5 Å². The van der Waals surface area contributed by atoms with Gasteiger partial charge in [-0.05, 0) is 62.9 Å². The van der Waals surface area contributed by atoms with Crippen LogP contribution < -0.4 is 10.6 Å². The van der Waals surface area contributed by atoms with E-state index >= 15 is 0 Å². The van der Waals surface area contributed by atoms with Crippen molar-refractivity contribution in [1.29, 1.82) is 0 Å². The van der Waals surface area contributed by atoms with Gasteiger partial charge in [0.2, 0.25) is 0 Å². The highest BCUT2D eigenvalue weighted by Gasteiger charge is 2.06. The summed E-state index contributed by atoms with van der Waals surface area (Å²) in [5.41, 5.74) is 0. The summed E-state index contributed by atoms with van der Waals surface area (Å²) in [5.74, 6) is 0. The van der Waals surface area contributed by atoms with E-state index in [0.29, 0.717) is 0 Å². The minimum Gasteiger partial charge on any atom is -0.388 e. The lowest BCUT2D eigenvalue weighted by atomic mass is 10.2. The Balaban J connectivity index is 0.000000220. The number of hydrogen-bond acceptors (Lipinski definition) is 6. The van der Waals surface area contributed by atoms with Crippen LogP contribution in [0.3, 0.4) is 0 Å². The Kier molecular flexibility index (Phi) is 10.3. The molecule has 4 N–H and O–H groups in total. The lowest BCUT2D eigenvalue weighted by molar-refractivity contribution is 0.171. The molecule has 0 spiro atoms. The van der Waals surface area contributed by atoms with E-state index in [2.05, 4.69) is 10.6 Å². The van der Waals surface area contributed by atoms with Crippen molar-refractivity contribution in [1.82, 2.24) is 10.6 Å². The first kappa shape index (κ1) is 19.3. The quantitative estimate of drug-likeness (QED) is 0.596. The highest BCUT2D eigenvalue weighted by atomic mass is 32.1. The number of rotatable bonds is 8. The molecular formula is C16H26N2O2S2. The third-order valence-corrected chi connectivity index (χ3v) is 5.03. The van der Waals surface area contributed by atoms with E-state index in [1.165, 1.54) is 0 Å². The predicted molar refractivity (Wildman–Crippen MR) is 95.6 cm³/mol. The Morgan fingerprint density at radius 1 is 0.864 bits per heavy atom. The largest absolute Gasteiger partial charge is 0.388 e. The number of aliphatic hydroxyl groups excluding tert-OH is 2. The fourth-order valence-electron chi connectivity index (χ4n) is 1.81. The van der Waals surface area contributed by atoms with E-state index in [9.17, 15) is 10.2 Å². The van der Waals surface area contributed by atoms with Gasteiger partial charge in [-0.2, -0.15) is 0 Å². The molecule has 0 bridgehead atoms. The van der Waals surface area contributed by atoms with Crippen molar-refractivity contribution in [3.05, 3.63) is 44.8 Å². The van der Waals surface area contributed by atoms with Crippen molar-refractivity contribution in [2.45, 2.75) is 25.0 Å². The normalized spacial score (nSPS) is 13.3. The molecule has 2 rings (SSSR count). The molecule has 2 atom stereocenters. The Hall–Kier alpha value is -0.760. The average molecular weight is 343 g/mol. The van der Waals surface area contributed by atoms with Gasteiger partial charge in [-0.1, -0.05) is 12.1 Å². The van der Waals surface area contributed by atoms with E-state index in [4.69, 9.17) is 0 Å². The Morgan fingerprint density at radius 2 is 1.27 bits per heavy atom. The zero-order valence-electron chi connectivity index (χ0n) is 13.2. The van der Waals surface area contributed by atoms with E-state index in [1.54, 1.807) is 22.7 Å². The zero-order valence-corrected chi connectivity index (χ0v) is 14.8. The molecule has 0 aromatic carbocycles. The smallest absolute Gasteiger partial charge is 0.0894 e. The third kappa shape index (κ3) is 7.49. The maximum Gasteiger partial charge on any atom is 0.0894 e. The van der Waals surface area contributed by atoms with Crippen molar-refractivity contribution in [3.8, 4) is 0 Å². The minimum atomic E-state index is -0.289. The van der Waals surface area contributed by atoms with Gasteiger partial charge in [0, 0.05) is 9.75 Å². The molecular weight excluding hydrogens is 316 g/mol. The highest BCUT2D eigenvalue weighted by molar-refractivity contribution is 7.10. The lowest BCUT2D eigenvalue weighted by Crippen LogP contribution is -2.11. The van der Waals surface area contributed by atoms with Gasteiger partial charge in [0.05, 0.1) is 12.2 Å². The van der Waals surface area contributed by atoms with Crippen LogP contribution >= 0.6 is 22.7 Å². The van der Waals surface area contributed by atoms with Crippen LogP contribution in [0.5, 0.6) is 0 Å². The van der Waals surface area contributed by atoms with Gasteiger partial charge in [0.15, 0.2) is 0 Å². The average Bonchev–Trinajstić information content (AvgIpc) is 3.23. The van der Waals surface area contributed by atoms with Gasteiger partial charge >= 0.3 is 0 Å². The van der Waals surface area contributed by atoms with Gasteiger partial charge < -0.3 is 20.8 Å². The minimum absolute atomic E-state index is 0.289. The molecule has 124 valence electrons. The van der Waals surface area contributed by atoms with Crippen molar-refractivity contribution in [2.75, 3.05) is 27.2 Å². The monoisotopic (exact) mass is 342 g/mol. The van der Waals surface area contributed by atoms with Gasteiger partial charge in [-0.15, -0.1) is 22.7 Å². The number of aliphatic hydroxyl groups is 2. The van der Waals surface area contributed by atoms with E-state index in [-0.39, 0.29) is 12.2 Å². The van der Waals surface area contributed by atoms with Gasteiger partial charge in [0.1, 0.15) is 0 Å². The molecule has 22 heavy (non-hydrogen) atoms. The fraction of sp³-hybridized carbons (Fsp3) is 0.500. The molecule has 0 fully saturated rings. The molecule has 0 radical (unpaired) electrons. The second kappa shape index (κ2) is 11.8. The Labute approximate surface area is 140 Å². The molecule has 0 aliphatic heterocycles. The number of hydrogen-bond donors (Lipinski definition) is 4. The maximum absolute atomic E-state index is 9.51. The van der Waals surface area contributed by atoms with Crippen LogP contribution in [0.15, 0.2) is 35.0 Å².